The zero-order valence-corrected chi connectivity index (χ0v) is 19.4. The summed E-state index contributed by atoms with van der Waals surface area (Å²) in [5.41, 5.74) is 1.44. The summed E-state index contributed by atoms with van der Waals surface area (Å²) in [4.78, 5) is 26.2. The molecule has 1 fully saturated rings. The fraction of sp³-hybridized carbons (Fsp3) is 0.417. The van der Waals surface area contributed by atoms with Crippen LogP contribution < -0.4 is 14.2 Å². The van der Waals surface area contributed by atoms with Gasteiger partial charge in [0, 0.05) is 31.5 Å². The zero-order chi connectivity index (χ0) is 23.4. The lowest BCUT2D eigenvalue weighted by Gasteiger charge is -2.26. The predicted octanol–water partition coefficient (Wildman–Crippen LogP) is 3.08. The number of sulfonamides is 1. The van der Waals surface area contributed by atoms with Crippen LogP contribution >= 0.6 is 0 Å². The van der Waals surface area contributed by atoms with Crippen LogP contribution in [0.15, 0.2) is 47.4 Å². The van der Waals surface area contributed by atoms with Crippen LogP contribution in [0.5, 0.6) is 11.5 Å². The van der Waals surface area contributed by atoms with E-state index in [1.807, 2.05) is 23.1 Å². The zero-order valence-electron chi connectivity index (χ0n) is 18.6. The summed E-state index contributed by atoms with van der Waals surface area (Å²) in [7, 11) is -3.76. The molecule has 2 aromatic carbocycles. The first kappa shape index (κ1) is 23.3. The summed E-state index contributed by atoms with van der Waals surface area (Å²) >= 11 is 0. The number of ether oxygens (including phenoxy) is 2. The number of ketones is 1. The van der Waals surface area contributed by atoms with E-state index < -0.39 is 10.0 Å². The van der Waals surface area contributed by atoms with Crippen molar-refractivity contribution < 1.29 is 27.5 Å². The maximum atomic E-state index is 12.9. The maximum absolute atomic E-state index is 12.9. The minimum Gasteiger partial charge on any atom is -0.490 e. The molecule has 2 aromatic rings. The van der Waals surface area contributed by atoms with E-state index >= 15 is 0 Å². The molecule has 176 valence electrons. The number of Topliss-reactive ketones (excluding diaryl/α,β-unsaturated/α-hetero) is 1. The second-order valence-corrected chi connectivity index (χ2v) is 10.00. The van der Waals surface area contributed by atoms with Crippen LogP contribution in [-0.4, -0.2) is 51.3 Å². The molecule has 2 aliphatic heterocycles. The van der Waals surface area contributed by atoms with Crippen molar-refractivity contribution in [2.75, 3.05) is 26.3 Å². The van der Waals surface area contributed by atoms with Crippen LogP contribution in [0.3, 0.4) is 0 Å². The molecule has 8 nitrogen and oxygen atoms in total. The van der Waals surface area contributed by atoms with Gasteiger partial charge in [0.05, 0.1) is 24.2 Å². The molecule has 0 bridgehead atoms. The molecule has 2 aliphatic rings. The SMILES string of the molecule is CC(=O)c1ccc(S(=O)(=O)NCCC(=O)N2CCC[C@H]2c2ccc3c(c2)OCCCO3)cc1. The number of amides is 1. The fourth-order valence-corrected chi connectivity index (χ4v) is 5.22. The Labute approximate surface area is 193 Å². The monoisotopic (exact) mass is 472 g/mol. The Morgan fingerprint density at radius 1 is 1.03 bits per heavy atom. The van der Waals surface area contributed by atoms with E-state index in [-0.39, 0.29) is 35.6 Å². The first-order chi connectivity index (χ1) is 15.8. The molecule has 0 aromatic heterocycles. The van der Waals surface area contributed by atoms with Gasteiger partial charge in [-0.2, -0.15) is 0 Å². The molecule has 1 N–H and O–H groups in total. The standard InChI is InChI=1S/C24H28N2O6S/c1-17(27)18-5-8-20(9-6-18)33(29,30)25-12-11-24(28)26-13-2-4-21(26)19-7-10-22-23(16-19)32-15-3-14-31-22/h5-10,16,21,25H,2-4,11-15H2,1H3/t21-/m0/s1. The summed E-state index contributed by atoms with van der Waals surface area (Å²) < 4.78 is 39.0. The minimum atomic E-state index is -3.76. The lowest BCUT2D eigenvalue weighted by Crippen LogP contribution is -2.34. The summed E-state index contributed by atoms with van der Waals surface area (Å²) in [6, 6.07) is 11.5. The van der Waals surface area contributed by atoms with Crippen LogP contribution in [0, 0.1) is 0 Å². The van der Waals surface area contributed by atoms with Gasteiger partial charge in [0.2, 0.25) is 15.9 Å². The van der Waals surface area contributed by atoms with Gasteiger partial charge in [-0.25, -0.2) is 13.1 Å². The highest BCUT2D eigenvalue weighted by Crippen LogP contribution is 2.38. The van der Waals surface area contributed by atoms with Crippen LogP contribution in [0.4, 0.5) is 0 Å². The van der Waals surface area contributed by atoms with Gasteiger partial charge in [-0.15, -0.1) is 0 Å². The van der Waals surface area contributed by atoms with Crippen molar-refractivity contribution in [3.8, 4) is 11.5 Å². The summed E-state index contributed by atoms with van der Waals surface area (Å²) in [6.45, 7) is 3.28. The number of nitrogens with zero attached hydrogens (tertiary/aromatic N) is 1. The van der Waals surface area contributed by atoms with Crippen molar-refractivity contribution in [1.29, 1.82) is 0 Å². The highest BCUT2D eigenvalue weighted by atomic mass is 32.2. The van der Waals surface area contributed by atoms with Gasteiger partial charge in [-0.3, -0.25) is 9.59 Å². The second kappa shape index (κ2) is 9.93. The number of carbonyl (C=O) groups excluding carboxylic acids is 2. The molecular formula is C24H28N2O6S. The Bertz CT molecular complexity index is 1130. The number of rotatable bonds is 7. The number of hydrogen-bond donors (Lipinski definition) is 1. The van der Waals surface area contributed by atoms with Gasteiger partial charge in [0.1, 0.15) is 0 Å². The van der Waals surface area contributed by atoms with Crippen LogP contribution in [0.25, 0.3) is 0 Å². The fourth-order valence-electron chi connectivity index (χ4n) is 4.19. The summed E-state index contributed by atoms with van der Waals surface area (Å²) in [6.07, 6.45) is 2.62. The average Bonchev–Trinajstić information content (AvgIpc) is 3.18. The van der Waals surface area contributed by atoms with Crippen molar-refractivity contribution in [3.63, 3.8) is 0 Å². The van der Waals surface area contributed by atoms with Crippen molar-refractivity contribution in [2.45, 2.75) is 43.5 Å². The molecule has 4 rings (SSSR count). The smallest absolute Gasteiger partial charge is 0.240 e. The predicted molar refractivity (Wildman–Crippen MR) is 122 cm³/mol. The number of fused-ring (bicyclic) bond motifs is 1. The van der Waals surface area contributed by atoms with Crippen molar-refractivity contribution in [1.82, 2.24) is 9.62 Å². The molecule has 2 heterocycles. The van der Waals surface area contributed by atoms with E-state index in [2.05, 4.69) is 4.72 Å². The van der Waals surface area contributed by atoms with Crippen molar-refractivity contribution >= 4 is 21.7 Å². The summed E-state index contributed by atoms with van der Waals surface area (Å²) in [5.74, 6) is 1.19. The Kier molecular flexibility index (Phi) is 6.99. The number of likely N-dealkylation sites (tertiary alicyclic amines) is 1. The molecule has 0 saturated carbocycles. The largest absolute Gasteiger partial charge is 0.490 e. The molecule has 0 radical (unpaired) electrons. The van der Waals surface area contributed by atoms with Gasteiger partial charge in [0.15, 0.2) is 17.3 Å². The first-order valence-corrected chi connectivity index (χ1v) is 12.6. The highest BCUT2D eigenvalue weighted by molar-refractivity contribution is 7.89. The Morgan fingerprint density at radius 3 is 2.48 bits per heavy atom. The van der Waals surface area contributed by atoms with E-state index in [4.69, 9.17) is 9.47 Å². The van der Waals surface area contributed by atoms with Gasteiger partial charge in [0.25, 0.3) is 0 Å². The Morgan fingerprint density at radius 2 is 1.76 bits per heavy atom. The topological polar surface area (TPSA) is 102 Å². The van der Waals surface area contributed by atoms with E-state index in [1.165, 1.54) is 31.2 Å². The quantitative estimate of drug-likeness (QED) is 0.622. The molecular weight excluding hydrogens is 444 g/mol. The van der Waals surface area contributed by atoms with Gasteiger partial charge in [-0.1, -0.05) is 18.2 Å². The number of benzene rings is 2. The van der Waals surface area contributed by atoms with E-state index in [1.54, 1.807) is 0 Å². The molecule has 9 heteroatoms. The molecule has 0 spiro atoms. The van der Waals surface area contributed by atoms with E-state index in [0.29, 0.717) is 31.1 Å². The van der Waals surface area contributed by atoms with Crippen molar-refractivity contribution in [2.24, 2.45) is 0 Å². The normalized spacial score (nSPS) is 18.1. The number of carbonyl (C=O) groups is 2. The lowest BCUT2D eigenvalue weighted by molar-refractivity contribution is -0.131. The van der Waals surface area contributed by atoms with Gasteiger partial charge < -0.3 is 14.4 Å². The molecule has 33 heavy (non-hydrogen) atoms. The third-order valence-corrected chi connectivity index (χ3v) is 7.41. The lowest BCUT2D eigenvalue weighted by atomic mass is 10.0. The van der Waals surface area contributed by atoms with Crippen molar-refractivity contribution in [3.05, 3.63) is 53.6 Å². The second-order valence-electron chi connectivity index (χ2n) is 8.23. The number of nitrogens with one attached hydrogen (secondary N) is 1. The molecule has 0 aliphatic carbocycles. The third kappa shape index (κ3) is 5.36. The Balaban J connectivity index is 1.37. The van der Waals surface area contributed by atoms with Crippen LogP contribution in [0.2, 0.25) is 0 Å². The maximum Gasteiger partial charge on any atom is 0.240 e. The van der Waals surface area contributed by atoms with Gasteiger partial charge >= 0.3 is 0 Å². The molecule has 0 unspecified atom stereocenters. The number of hydrogen-bond acceptors (Lipinski definition) is 6. The molecule has 1 atom stereocenters. The van der Waals surface area contributed by atoms with Crippen LogP contribution in [0.1, 0.15) is 54.6 Å². The average molecular weight is 473 g/mol. The Hall–Kier alpha value is -2.91. The molecule has 1 saturated heterocycles. The first-order valence-electron chi connectivity index (χ1n) is 11.1. The summed E-state index contributed by atoms with van der Waals surface area (Å²) in [5, 5.41) is 0. The molecule has 1 amide bonds. The van der Waals surface area contributed by atoms with E-state index in [0.717, 1.165) is 30.6 Å². The van der Waals surface area contributed by atoms with Gasteiger partial charge in [-0.05, 0) is 49.6 Å². The van der Waals surface area contributed by atoms with Crippen LogP contribution in [-0.2, 0) is 14.8 Å². The highest BCUT2D eigenvalue weighted by Gasteiger charge is 2.30. The van der Waals surface area contributed by atoms with E-state index in [9.17, 15) is 18.0 Å². The minimum absolute atomic E-state index is 0.0000145. The third-order valence-electron chi connectivity index (χ3n) is 5.93.